The molecule has 14 heavy (non-hydrogen) atoms. The largest absolute Gasteiger partial charge is 0.298 e. The van der Waals surface area contributed by atoms with Crippen molar-refractivity contribution in [3.05, 3.63) is 35.9 Å². The summed E-state index contributed by atoms with van der Waals surface area (Å²) in [6.07, 6.45) is 1.03. The van der Waals surface area contributed by atoms with Crippen molar-refractivity contribution in [1.82, 2.24) is 4.90 Å². The number of likely N-dealkylation sites (tertiary alicyclic amines) is 1. The first kappa shape index (κ1) is 9.23. The van der Waals surface area contributed by atoms with Crippen molar-refractivity contribution in [1.29, 1.82) is 5.26 Å². The van der Waals surface area contributed by atoms with Crippen LogP contribution in [0, 0.1) is 17.2 Å². The molecule has 0 amide bonds. The van der Waals surface area contributed by atoms with Crippen LogP contribution in [0.4, 0.5) is 0 Å². The van der Waals surface area contributed by atoms with Crippen molar-refractivity contribution < 1.29 is 0 Å². The number of hydrogen-bond donors (Lipinski definition) is 0. The minimum atomic E-state index is 0.249. The van der Waals surface area contributed by atoms with Crippen LogP contribution in [0.15, 0.2) is 30.3 Å². The fraction of sp³-hybridized carbons (Fsp3) is 0.417. The molecule has 0 unspecified atom stereocenters. The van der Waals surface area contributed by atoms with Crippen molar-refractivity contribution in [3.63, 3.8) is 0 Å². The van der Waals surface area contributed by atoms with Crippen molar-refractivity contribution in [2.75, 3.05) is 13.1 Å². The SMILES string of the molecule is N#C[C@H]1CCN(Cc2ccccc2)C1. The molecule has 1 aromatic rings. The highest BCUT2D eigenvalue weighted by atomic mass is 15.1. The number of rotatable bonds is 2. The maximum absolute atomic E-state index is 8.77. The molecule has 0 aromatic heterocycles. The van der Waals surface area contributed by atoms with Gasteiger partial charge in [0.25, 0.3) is 0 Å². The summed E-state index contributed by atoms with van der Waals surface area (Å²) in [6.45, 7) is 2.98. The summed E-state index contributed by atoms with van der Waals surface area (Å²) in [5.41, 5.74) is 1.34. The lowest BCUT2D eigenvalue weighted by atomic mass is 10.1. The van der Waals surface area contributed by atoms with Gasteiger partial charge in [0, 0.05) is 13.1 Å². The van der Waals surface area contributed by atoms with E-state index in [2.05, 4.69) is 35.2 Å². The molecule has 2 rings (SSSR count). The van der Waals surface area contributed by atoms with Gasteiger partial charge in [-0.3, -0.25) is 4.90 Å². The summed E-state index contributed by atoms with van der Waals surface area (Å²) in [7, 11) is 0. The molecule has 1 saturated heterocycles. The molecular weight excluding hydrogens is 172 g/mol. The van der Waals surface area contributed by atoms with Gasteiger partial charge in [0.1, 0.15) is 0 Å². The van der Waals surface area contributed by atoms with Crippen LogP contribution in [0.25, 0.3) is 0 Å². The molecule has 72 valence electrons. The highest BCUT2D eigenvalue weighted by Crippen LogP contribution is 2.17. The minimum absolute atomic E-state index is 0.249. The zero-order chi connectivity index (χ0) is 9.80. The molecule has 1 heterocycles. The predicted octanol–water partition coefficient (Wildman–Crippen LogP) is 2.03. The minimum Gasteiger partial charge on any atom is -0.298 e. The van der Waals surface area contributed by atoms with Gasteiger partial charge in [0.05, 0.1) is 12.0 Å². The van der Waals surface area contributed by atoms with Gasteiger partial charge in [-0.1, -0.05) is 30.3 Å². The van der Waals surface area contributed by atoms with E-state index >= 15 is 0 Å². The van der Waals surface area contributed by atoms with Crippen LogP contribution in [-0.2, 0) is 6.54 Å². The quantitative estimate of drug-likeness (QED) is 0.706. The highest BCUT2D eigenvalue weighted by Gasteiger charge is 2.21. The van der Waals surface area contributed by atoms with E-state index in [4.69, 9.17) is 5.26 Å². The van der Waals surface area contributed by atoms with Gasteiger partial charge in [0.15, 0.2) is 0 Å². The number of hydrogen-bond acceptors (Lipinski definition) is 2. The Bertz CT molecular complexity index is 326. The fourth-order valence-electron chi connectivity index (χ4n) is 1.92. The maximum atomic E-state index is 8.77. The Balaban J connectivity index is 1.91. The van der Waals surface area contributed by atoms with Gasteiger partial charge in [-0.15, -0.1) is 0 Å². The zero-order valence-electron chi connectivity index (χ0n) is 8.19. The number of nitrogens with zero attached hydrogens (tertiary/aromatic N) is 2. The van der Waals surface area contributed by atoms with Crippen molar-refractivity contribution in [2.24, 2.45) is 5.92 Å². The Morgan fingerprint density at radius 2 is 2.14 bits per heavy atom. The standard InChI is InChI=1S/C12H14N2/c13-8-12-6-7-14(10-12)9-11-4-2-1-3-5-11/h1-5,12H,6-7,9-10H2/t12-/m1/s1. The molecule has 0 spiro atoms. The van der Waals surface area contributed by atoms with E-state index in [1.165, 1.54) is 5.56 Å². The van der Waals surface area contributed by atoms with Crippen LogP contribution >= 0.6 is 0 Å². The molecule has 1 fully saturated rings. The predicted molar refractivity (Wildman–Crippen MR) is 55.4 cm³/mol. The van der Waals surface area contributed by atoms with E-state index in [1.54, 1.807) is 0 Å². The third kappa shape index (κ3) is 2.12. The van der Waals surface area contributed by atoms with E-state index in [0.717, 1.165) is 26.1 Å². The molecule has 2 heteroatoms. The Hall–Kier alpha value is -1.33. The lowest BCUT2D eigenvalue weighted by Crippen LogP contribution is -2.19. The van der Waals surface area contributed by atoms with Crippen LogP contribution in [0.2, 0.25) is 0 Å². The average molecular weight is 186 g/mol. The maximum Gasteiger partial charge on any atom is 0.0669 e. The number of nitriles is 1. The zero-order valence-corrected chi connectivity index (χ0v) is 8.19. The molecule has 1 atom stereocenters. The smallest absolute Gasteiger partial charge is 0.0669 e. The summed E-state index contributed by atoms with van der Waals surface area (Å²) < 4.78 is 0. The number of benzene rings is 1. The van der Waals surface area contributed by atoms with Gasteiger partial charge in [-0.2, -0.15) is 5.26 Å². The molecule has 0 saturated carbocycles. The summed E-state index contributed by atoms with van der Waals surface area (Å²) in [5, 5.41) is 8.77. The van der Waals surface area contributed by atoms with Crippen LogP contribution in [-0.4, -0.2) is 18.0 Å². The van der Waals surface area contributed by atoms with Crippen LogP contribution in [0.5, 0.6) is 0 Å². The summed E-state index contributed by atoms with van der Waals surface area (Å²) in [4.78, 5) is 2.35. The molecule has 0 aliphatic carbocycles. The second-order valence-corrected chi connectivity index (χ2v) is 3.84. The summed E-state index contributed by atoms with van der Waals surface area (Å²) >= 11 is 0. The van der Waals surface area contributed by atoms with E-state index in [9.17, 15) is 0 Å². The molecule has 1 aliphatic rings. The molecule has 0 radical (unpaired) electrons. The van der Waals surface area contributed by atoms with Crippen LogP contribution < -0.4 is 0 Å². The van der Waals surface area contributed by atoms with E-state index in [1.807, 2.05) is 6.07 Å². The van der Waals surface area contributed by atoms with Crippen molar-refractivity contribution in [3.8, 4) is 6.07 Å². The first-order valence-corrected chi connectivity index (χ1v) is 5.04. The topological polar surface area (TPSA) is 27.0 Å². The second-order valence-electron chi connectivity index (χ2n) is 3.84. The average Bonchev–Trinajstić information content (AvgIpc) is 2.67. The van der Waals surface area contributed by atoms with Crippen LogP contribution in [0.3, 0.4) is 0 Å². The Kier molecular flexibility index (Phi) is 2.81. The lowest BCUT2D eigenvalue weighted by Gasteiger charge is -2.14. The summed E-state index contributed by atoms with van der Waals surface area (Å²) in [5.74, 6) is 0.249. The monoisotopic (exact) mass is 186 g/mol. The molecule has 2 nitrogen and oxygen atoms in total. The van der Waals surface area contributed by atoms with E-state index in [0.29, 0.717) is 0 Å². The Morgan fingerprint density at radius 1 is 1.36 bits per heavy atom. The fourth-order valence-corrected chi connectivity index (χ4v) is 1.92. The molecule has 0 bridgehead atoms. The first-order chi connectivity index (χ1) is 6.88. The molecule has 1 aromatic carbocycles. The van der Waals surface area contributed by atoms with Gasteiger partial charge in [-0.25, -0.2) is 0 Å². The van der Waals surface area contributed by atoms with Gasteiger partial charge >= 0.3 is 0 Å². The lowest BCUT2D eigenvalue weighted by molar-refractivity contribution is 0.325. The Labute approximate surface area is 84.8 Å². The molecular formula is C12H14N2. The van der Waals surface area contributed by atoms with Gasteiger partial charge in [0.2, 0.25) is 0 Å². The normalized spacial score (nSPS) is 22.1. The third-order valence-corrected chi connectivity index (χ3v) is 2.70. The van der Waals surface area contributed by atoms with Crippen molar-refractivity contribution in [2.45, 2.75) is 13.0 Å². The second kappa shape index (κ2) is 4.26. The van der Waals surface area contributed by atoms with Gasteiger partial charge < -0.3 is 0 Å². The summed E-state index contributed by atoms with van der Waals surface area (Å²) in [6, 6.07) is 12.8. The Morgan fingerprint density at radius 3 is 2.79 bits per heavy atom. The van der Waals surface area contributed by atoms with E-state index < -0.39 is 0 Å². The molecule has 1 aliphatic heterocycles. The van der Waals surface area contributed by atoms with E-state index in [-0.39, 0.29) is 5.92 Å². The van der Waals surface area contributed by atoms with Crippen LogP contribution in [0.1, 0.15) is 12.0 Å². The van der Waals surface area contributed by atoms with Gasteiger partial charge in [-0.05, 0) is 18.5 Å². The molecule has 0 N–H and O–H groups in total. The highest BCUT2D eigenvalue weighted by molar-refractivity contribution is 5.14. The van der Waals surface area contributed by atoms with Crippen molar-refractivity contribution >= 4 is 0 Å². The third-order valence-electron chi connectivity index (χ3n) is 2.70. The first-order valence-electron chi connectivity index (χ1n) is 5.04.